The number of rotatable bonds is 7. The second-order valence-corrected chi connectivity index (χ2v) is 11.3. The summed E-state index contributed by atoms with van der Waals surface area (Å²) in [6.07, 6.45) is 9.24. The van der Waals surface area contributed by atoms with Gasteiger partial charge in [0.15, 0.2) is 5.65 Å². The van der Waals surface area contributed by atoms with Gasteiger partial charge >= 0.3 is 5.97 Å². The standard InChI is InChI=1S/C28H33Cl2N5O2/c1-16-13-19(6-10-25(16)34-12-4-5-21(34)8-11-26(36)37)24-15-31-27-17(2)33-35(28(27)32-24)18(3)22-9-7-20(29)14-23(22)30/h6-7,9,14-16,18,21,25H,4-5,8,10-13H2,1-3H3,(H,36,37). The van der Waals surface area contributed by atoms with Crippen LogP contribution in [-0.4, -0.2) is 54.4 Å². The van der Waals surface area contributed by atoms with Crippen molar-refractivity contribution in [3.63, 3.8) is 0 Å². The number of carbonyl (C=O) groups is 1. The predicted octanol–water partition coefficient (Wildman–Crippen LogP) is 6.56. The number of aromatic nitrogens is 4. The summed E-state index contributed by atoms with van der Waals surface area (Å²) >= 11 is 12.6. The molecule has 9 heteroatoms. The number of fused-ring (bicyclic) bond motifs is 1. The molecule has 1 aromatic carbocycles. The zero-order valence-electron chi connectivity index (χ0n) is 21.5. The van der Waals surface area contributed by atoms with Crippen LogP contribution in [0, 0.1) is 12.8 Å². The van der Waals surface area contributed by atoms with E-state index < -0.39 is 5.97 Å². The molecule has 4 atom stereocenters. The molecular formula is C28H33Cl2N5O2. The van der Waals surface area contributed by atoms with Gasteiger partial charge in [0.1, 0.15) is 5.52 Å². The van der Waals surface area contributed by atoms with Crippen molar-refractivity contribution < 1.29 is 9.90 Å². The summed E-state index contributed by atoms with van der Waals surface area (Å²) in [6.45, 7) is 7.36. The van der Waals surface area contributed by atoms with Crippen LogP contribution in [0.4, 0.5) is 0 Å². The second-order valence-electron chi connectivity index (χ2n) is 10.5. The van der Waals surface area contributed by atoms with E-state index in [1.165, 1.54) is 5.57 Å². The van der Waals surface area contributed by atoms with Gasteiger partial charge in [-0.1, -0.05) is 42.3 Å². The fraction of sp³-hybridized carbons (Fsp3) is 0.500. The number of hydrogen-bond acceptors (Lipinski definition) is 5. The Balaban J connectivity index is 1.41. The molecule has 0 amide bonds. The molecule has 2 aromatic heterocycles. The van der Waals surface area contributed by atoms with Gasteiger partial charge in [-0.25, -0.2) is 14.6 Å². The second kappa shape index (κ2) is 10.7. The van der Waals surface area contributed by atoms with E-state index in [-0.39, 0.29) is 12.5 Å². The molecule has 0 radical (unpaired) electrons. The van der Waals surface area contributed by atoms with E-state index >= 15 is 0 Å². The van der Waals surface area contributed by atoms with Gasteiger partial charge in [-0.3, -0.25) is 9.69 Å². The molecule has 1 N–H and O–H groups in total. The maximum absolute atomic E-state index is 11.1. The van der Waals surface area contributed by atoms with Gasteiger partial charge in [-0.05, 0) is 81.7 Å². The van der Waals surface area contributed by atoms with Crippen molar-refractivity contribution in [1.82, 2.24) is 24.6 Å². The third-order valence-corrected chi connectivity index (χ3v) is 8.59. The number of carboxylic acids is 1. The van der Waals surface area contributed by atoms with Gasteiger partial charge in [-0.2, -0.15) is 5.10 Å². The van der Waals surface area contributed by atoms with Crippen molar-refractivity contribution in [2.24, 2.45) is 5.92 Å². The van der Waals surface area contributed by atoms with E-state index in [1.807, 2.05) is 29.9 Å². The van der Waals surface area contributed by atoms with Crippen LogP contribution in [-0.2, 0) is 4.79 Å². The van der Waals surface area contributed by atoms with E-state index in [4.69, 9.17) is 43.4 Å². The molecular weight excluding hydrogens is 509 g/mol. The largest absolute Gasteiger partial charge is 0.481 e. The lowest BCUT2D eigenvalue weighted by Gasteiger charge is -2.39. The summed E-state index contributed by atoms with van der Waals surface area (Å²) in [5, 5.41) is 15.1. The minimum absolute atomic E-state index is 0.132. The molecule has 1 aliphatic heterocycles. The maximum atomic E-state index is 11.1. The Labute approximate surface area is 227 Å². The zero-order chi connectivity index (χ0) is 26.3. The Bertz CT molecular complexity index is 1350. The van der Waals surface area contributed by atoms with Crippen LogP contribution in [0.5, 0.6) is 0 Å². The van der Waals surface area contributed by atoms with Crippen LogP contribution in [0.1, 0.15) is 75.4 Å². The summed E-state index contributed by atoms with van der Waals surface area (Å²) in [5.41, 5.74) is 5.40. The first kappa shape index (κ1) is 26.1. The number of nitrogens with zero attached hydrogens (tertiary/aromatic N) is 5. The molecule has 4 unspecified atom stereocenters. The van der Waals surface area contributed by atoms with E-state index in [0.717, 1.165) is 66.8 Å². The van der Waals surface area contributed by atoms with Crippen LogP contribution >= 0.6 is 23.2 Å². The molecule has 1 fully saturated rings. The monoisotopic (exact) mass is 541 g/mol. The molecule has 1 aliphatic carbocycles. The van der Waals surface area contributed by atoms with Crippen molar-refractivity contribution in [2.45, 2.75) is 77.4 Å². The Morgan fingerprint density at radius 3 is 2.84 bits per heavy atom. The lowest BCUT2D eigenvalue weighted by atomic mass is 9.83. The van der Waals surface area contributed by atoms with Gasteiger partial charge in [0.25, 0.3) is 0 Å². The third-order valence-electron chi connectivity index (χ3n) is 8.02. The molecule has 0 spiro atoms. The van der Waals surface area contributed by atoms with Crippen molar-refractivity contribution in [3.8, 4) is 0 Å². The number of aryl methyl sites for hydroxylation is 1. The summed E-state index contributed by atoms with van der Waals surface area (Å²) in [4.78, 5) is 23.5. The summed E-state index contributed by atoms with van der Waals surface area (Å²) in [7, 11) is 0. The van der Waals surface area contributed by atoms with Crippen LogP contribution in [0.3, 0.4) is 0 Å². The molecule has 196 valence electrons. The molecule has 1 saturated heterocycles. The van der Waals surface area contributed by atoms with E-state index in [1.54, 1.807) is 6.07 Å². The van der Waals surface area contributed by atoms with Gasteiger partial charge in [0.2, 0.25) is 0 Å². The number of allylic oxidation sites excluding steroid dienone is 1. The van der Waals surface area contributed by atoms with Crippen LogP contribution in [0.25, 0.3) is 16.7 Å². The van der Waals surface area contributed by atoms with Crippen molar-refractivity contribution in [3.05, 3.63) is 57.5 Å². The molecule has 2 aliphatic rings. The molecule has 3 heterocycles. The summed E-state index contributed by atoms with van der Waals surface area (Å²) < 4.78 is 1.91. The topological polar surface area (TPSA) is 84.1 Å². The SMILES string of the molecule is Cc1nn(C(C)c2ccc(Cl)cc2Cl)c2nc(C3=CCC(N4CCCC4CCC(=O)O)C(C)C3)cnc12. The van der Waals surface area contributed by atoms with Gasteiger partial charge < -0.3 is 5.11 Å². The predicted molar refractivity (Wildman–Crippen MR) is 147 cm³/mol. The number of benzene rings is 1. The highest BCUT2D eigenvalue weighted by Crippen LogP contribution is 2.37. The van der Waals surface area contributed by atoms with Crippen LogP contribution in [0.2, 0.25) is 10.0 Å². The normalized spacial score (nSPS) is 23.4. The van der Waals surface area contributed by atoms with Crippen LogP contribution in [0.15, 0.2) is 30.5 Å². The fourth-order valence-electron chi connectivity index (χ4n) is 6.08. The van der Waals surface area contributed by atoms with E-state index in [0.29, 0.717) is 28.0 Å². The zero-order valence-corrected chi connectivity index (χ0v) is 23.0. The molecule has 0 saturated carbocycles. The lowest BCUT2D eigenvalue weighted by Crippen LogP contribution is -2.44. The van der Waals surface area contributed by atoms with E-state index in [2.05, 4.69) is 24.8 Å². The minimum Gasteiger partial charge on any atom is -0.481 e. The number of aliphatic carboxylic acids is 1. The van der Waals surface area contributed by atoms with Crippen molar-refractivity contribution in [1.29, 1.82) is 0 Å². The number of likely N-dealkylation sites (tertiary alicyclic amines) is 1. The minimum atomic E-state index is -0.707. The molecule has 37 heavy (non-hydrogen) atoms. The Hall–Kier alpha value is -2.48. The Kier molecular flexibility index (Phi) is 7.57. The highest BCUT2D eigenvalue weighted by Gasteiger charge is 2.35. The van der Waals surface area contributed by atoms with Crippen molar-refractivity contribution >= 4 is 45.9 Å². The van der Waals surface area contributed by atoms with Crippen LogP contribution < -0.4 is 0 Å². The van der Waals surface area contributed by atoms with Gasteiger partial charge in [0, 0.05) is 28.5 Å². The number of hydrogen-bond donors (Lipinski definition) is 1. The number of halogens is 2. The highest BCUT2D eigenvalue weighted by atomic mass is 35.5. The Morgan fingerprint density at radius 2 is 2.11 bits per heavy atom. The molecule has 3 aromatic rings. The average Bonchev–Trinajstić information content (AvgIpc) is 3.46. The number of carboxylic acid groups (broad SMARTS) is 1. The summed E-state index contributed by atoms with van der Waals surface area (Å²) in [5.74, 6) is -0.261. The third kappa shape index (κ3) is 5.27. The van der Waals surface area contributed by atoms with Gasteiger partial charge in [-0.15, -0.1) is 0 Å². The first-order valence-corrected chi connectivity index (χ1v) is 13.8. The highest BCUT2D eigenvalue weighted by molar-refractivity contribution is 6.35. The lowest BCUT2D eigenvalue weighted by molar-refractivity contribution is -0.137. The fourth-order valence-corrected chi connectivity index (χ4v) is 6.64. The Morgan fingerprint density at radius 1 is 1.30 bits per heavy atom. The van der Waals surface area contributed by atoms with Crippen molar-refractivity contribution in [2.75, 3.05) is 6.54 Å². The maximum Gasteiger partial charge on any atom is 0.303 e. The average molecular weight is 543 g/mol. The molecule has 0 bridgehead atoms. The van der Waals surface area contributed by atoms with E-state index in [9.17, 15) is 4.79 Å². The first-order chi connectivity index (χ1) is 17.7. The molecule has 5 rings (SSSR count). The first-order valence-electron chi connectivity index (χ1n) is 13.1. The smallest absolute Gasteiger partial charge is 0.303 e. The quantitative estimate of drug-likeness (QED) is 0.364. The molecule has 7 nitrogen and oxygen atoms in total. The van der Waals surface area contributed by atoms with Gasteiger partial charge in [0.05, 0.1) is 23.6 Å². The summed E-state index contributed by atoms with van der Waals surface area (Å²) in [6, 6.07) is 6.19.